The number of rotatable bonds is 2. The molecule has 2 aromatic heterocycles. The molecule has 2 atom stereocenters. The van der Waals surface area contributed by atoms with Gasteiger partial charge in [0.25, 0.3) is 11.6 Å². The Labute approximate surface area is 170 Å². The Balaban J connectivity index is 0.00000225. The number of carbonyl (C=O) groups is 1. The number of nitrogens with zero attached hydrogens (tertiary/aromatic N) is 3. The van der Waals surface area contributed by atoms with Crippen LogP contribution in [0.5, 0.6) is 0 Å². The predicted molar refractivity (Wildman–Crippen MR) is 111 cm³/mol. The number of benzene rings is 1. The maximum absolute atomic E-state index is 13.1. The zero-order valence-corrected chi connectivity index (χ0v) is 17.1. The lowest BCUT2D eigenvalue weighted by Gasteiger charge is -2.17. The Morgan fingerprint density at radius 2 is 1.93 bits per heavy atom. The van der Waals surface area contributed by atoms with E-state index in [0.29, 0.717) is 24.4 Å². The number of aromatic nitrogens is 2. The van der Waals surface area contributed by atoms with Gasteiger partial charge in [0.15, 0.2) is 0 Å². The number of fused-ring (bicyclic) bond motifs is 1. The van der Waals surface area contributed by atoms with Gasteiger partial charge in [-0.3, -0.25) is 4.79 Å². The number of nitrogens with two attached hydrogens (primary N) is 1. The van der Waals surface area contributed by atoms with Crippen LogP contribution in [0, 0.1) is 0 Å². The van der Waals surface area contributed by atoms with Gasteiger partial charge in [-0.25, -0.2) is 4.98 Å². The van der Waals surface area contributed by atoms with E-state index >= 15 is 0 Å². The summed E-state index contributed by atoms with van der Waals surface area (Å²) < 4.78 is 5.32. The van der Waals surface area contributed by atoms with Crippen molar-refractivity contribution in [3.05, 3.63) is 59.4 Å². The van der Waals surface area contributed by atoms with E-state index in [2.05, 4.69) is 43.0 Å². The van der Waals surface area contributed by atoms with Crippen molar-refractivity contribution in [3.8, 4) is 0 Å². The molecule has 0 radical (unpaired) electrons. The molecule has 0 spiro atoms. The fraction of sp³-hybridized carbons (Fsp3) is 0.381. The summed E-state index contributed by atoms with van der Waals surface area (Å²) in [7, 11) is 0. The highest BCUT2D eigenvalue weighted by Gasteiger charge is 2.34. The SMILES string of the molecule is CC(C)(C)c1noc2ncc(C(=O)N3C[C@@H](N)[C@H](c4ccccc4)C3)cc12.Cl. The molecule has 0 saturated carbocycles. The summed E-state index contributed by atoms with van der Waals surface area (Å²) >= 11 is 0. The summed E-state index contributed by atoms with van der Waals surface area (Å²) in [6, 6.07) is 11.9. The molecule has 0 bridgehead atoms. The van der Waals surface area contributed by atoms with Gasteiger partial charge in [-0.15, -0.1) is 12.4 Å². The van der Waals surface area contributed by atoms with Crippen LogP contribution in [0.25, 0.3) is 11.1 Å². The molecule has 1 aliphatic rings. The standard InChI is InChI=1S/C21H24N4O2.ClH/c1-21(2,3)18-15-9-14(10-23-19(15)27-24-18)20(26)25-11-16(17(22)12-25)13-7-5-4-6-8-13;/h4-10,16-17H,11-12,22H2,1-3H3;1H/t16-,17+;/m0./s1. The van der Waals surface area contributed by atoms with Crippen LogP contribution in [0.2, 0.25) is 0 Å². The number of pyridine rings is 1. The molecule has 1 fully saturated rings. The number of carbonyl (C=O) groups excluding carboxylic acids is 1. The average molecular weight is 401 g/mol. The van der Waals surface area contributed by atoms with Crippen molar-refractivity contribution in [2.24, 2.45) is 5.73 Å². The minimum atomic E-state index is -0.191. The minimum absolute atomic E-state index is 0. The Bertz CT molecular complexity index is 981. The van der Waals surface area contributed by atoms with E-state index in [4.69, 9.17) is 10.3 Å². The van der Waals surface area contributed by atoms with Gasteiger partial charge in [-0.05, 0) is 11.6 Å². The van der Waals surface area contributed by atoms with E-state index in [1.807, 2.05) is 29.2 Å². The van der Waals surface area contributed by atoms with E-state index in [0.717, 1.165) is 11.1 Å². The smallest absolute Gasteiger partial charge is 0.257 e. The topological polar surface area (TPSA) is 85.2 Å². The van der Waals surface area contributed by atoms with E-state index in [9.17, 15) is 4.79 Å². The number of hydrogen-bond donors (Lipinski definition) is 1. The van der Waals surface area contributed by atoms with Crippen LogP contribution in [0.1, 0.15) is 48.3 Å². The minimum Gasteiger partial charge on any atom is -0.336 e. The number of halogens is 1. The first-order valence-electron chi connectivity index (χ1n) is 9.20. The first kappa shape index (κ1) is 20.3. The molecule has 1 amide bonds. The van der Waals surface area contributed by atoms with Gasteiger partial charge in [0.2, 0.25) is 0 Å². The largest absolute Gasteiger partial charge is 0.336 e. The van der Waals surface area contributed by atoms with Crippen LogP contribution in [0.3, 0.4) is 0 Å². The van der Waals surface area contributed by atoms with E-state index in [1.54, 1.807) is 6.20 Å². The van der Waals surface area contributed by atoms with E-state index in [1.165, 1.54) is 5.56 Å². The monoisotopic (exact) mass is 400 g/mol. The summed E-state index contributed by atoms with van der Waals surface area (Å²) in [5.74, 6) is 0.0897. The zero-order chi connectivity index (χ0) is 19.2. The van der Waals surface area contributed by atoms with Gasteiger partial charge in [-0.1, -0.05) is 56.3 Å². The molecule has 4 rings (SSSR count). The molecule has 1 aliphatic heterocycles. The van der Waals surface area contributed by atoms with Crippen LogP contribution in [0.15, 0.2) is 47.1 Å². The van der Waals surface area contributed by atoms with Crippen molar-refractivity contribution in [2.75, 3.05) is 13.1 Å². The Hall–Kier alpha value is -2.44. The van der Waals surface area contributed by atoms with E-state index < -0.39 is 0 Å². The third-order valence-corrected chi connectivity index (χ3v) is 5.17. The van der Waals surface area contributed by atoms with Gasteiger partial charge >= 0.3 is 0 Å². The highest BCUT2D eigenvalue weighted by atomic mass is 35.5. The Morgan fingerprint density at radius 3 is 2.61 bits per heavy atom. The maximum atomic E-state index is 13.1. The highest BCUT2D eigenvalue weighted by molar-refractivity contribution is 5.97. The fourth-order valence-corrected chi connectivity index (χ4v) is 3.72. The number of likely N-dealkylation sites (tertiary alicyclic amines) is 1. The number of hydrogen-bond acceptors (Lipinski definition) is 5. The Morgan fingerprint density at radius 1 is 1.21 bits per heavy atom. The summed E-state index contributed by atoms with van der Waals surface area (Å²) in [6.07, 6.45) is 1.56. The number of amides is 1. The van der Waals surface area contributed by atoms with Crippen LogP contribution in [-0.4, -0.2) is 40.1 Å². The molecular formula is C21H25ClN4O2. The summed E-state index contributed by atoms with van der Waals surface area (Å²) in [6.45, 7) is 7.32. The summed E-state index contributed by atoms with van der Waals surface area (Å²) in [4.78, 5) is 19.2. The van der Waals surface area contributed by atoms with Crippen LogP contribution in [-0.2, 0) is 5.41 Å². The van der Waals surface area contributed by atoms with E-state index in [-0.39, 0.29) is 35.7 Å². The molecule has 148 valence electrons. The van der Waals surface area contributed by atoms with Crippen LogP contribution >= 0.6 is 12.4 Å². The van der Waals surface area contributed by atoms with Crippen LogP contribution in [0.4, 0.5) is 0 Å². The second kappa shape index (κ2) is 7.53. The molecule has 0 unspecified atom stereocenters. The van der Waals surface area contributed by atoms with Crippen molar-refractivity contribution >= 4 is 29.4 Å². The highest BCUT2D eigenvalue weighted by Crippen LogP contribution is 2.30. The summed E-state index contributed by atoms with van der Waals surface area (Å²) in [5.41, 5.74) is 9.12. The van der Waals surface area contributed by atoms with Crippen molar-refractivity contribution < 1.29 is 9.32 Å². The zero-order valence-electron chi connectivity index (χ0n) is 16.3. The normalized spacial score (nSPS) is 19.6. The molecule has 0 aliphatic carbocycles. The lowest BCUT2D eigenvalue weighted by atomic mass is 9.90. The van der Waals surface area contributed by atoms with Crippen molar-refractivity contribution in [2.45, 2.75) is 38.1 Å². The fourth-order valence-electron chi connectivity index (χ4n) is 3.72. The van der Waals surface area contributed by atoms with Crippen molar-refractivity contribution in [3.63, 3.8) is 0 Å². The molecule has 28 heavy (non-hydrogen) atoms. The molecule has 2 N–H and O–H groups in total. The average Bonchev–Trinajstić information content (AvgIpc) is 3.24. The lowest BCUT2D eigenvalue weighted by molar-refractivity contribution is 0.0789. The molecular weight excluding hydrogens is 376 g/mol. The molecule has 1 aromatic carbocycles. The molecule has 3 aromatic rings. The van der Waals surface area contributed by atoms with Gasteiger partial charge in [-0.2, -0.15) is 0 Å². The van der Waals surface area contributed by atoms with Gasteiger partial charge < -0.3 is 15.2 Å². The predicted octanol–water partition coefficient (Wildman–Crippen LogP) is 3.51. The second-order valence-corrected chi connectivity index (χ2v) is 8.25. The second-order valence-electron chi connectivity index (χ2n) is 8.25. The quantitative estimate of drug-likeness (QED) is 0.711. The molecule has 6 nitrogen and oxygen atoms in total. The van der Waals surface area contributed by atoms with Gasteiger partial charge in [0, 0.05) is 36.7 Å². The molecule has 7 heteroatoms. The van der Waals surface area contributed by atoms with Crippen molar-refractivity contribution in [1.29, 1.82) is 0 Å². The first-order valence-corrected chi connectivity index (χ1v) is 9.20. The third kappa shape index (κ3) is 3.62. The van der Waals surface area contributed by atoms with Gasteiger partial charge in [0.05, 0.1) is 16.6 Å². The lowest BCUT2D eigenvalue weighted by Crippen LogP contribution is -2.32. The van der Waals surface area contributed by atoms with Crippen molar-refractivity contribution in [1.82, 2.24) is 15.0 Å². The Kier molecular flexibility index (Phi) is 5.46. The summed E-state index contributed by atoms with van der Waals surface area (Å²) in [5, 5.41) is 4.93. The maximum Gasteiger partial charge on any atom is 0.257 e. The third-order valence-electron chi connectivity index (χ3n) is 5.17. The molecule has 3 heterocycles. The first-order chi connectivity index (χ1) is 12.8. The molecule has 1 saturated heterocycles. The van der Waals surface area contributed by atoms with Crippen LogP contribution < -0.4 is 5.73 Å². The van der Waals surface area contributed by atoms with Gasteiger partial charge in [0.1, 0.15) is 0 Å².